The van der Waals surface area contributed by atoms with E-state index in [4.69, 9.17) is 9.84 Å². The summed E-state index contributed by atoms with van der Waals surface area (Å²) in [5.41, 5.74) is -0.875. The molecule has 19 heavy (non-hydrogen) atoms. The second-order valence-corrected chi connectivity index (χ2v) is 5.29. The van der Waals surface area contributed by atoms with Gasteiger partial charge in [-0.3, -0.25) is 9.59 Å². The lowest BCUT2D eigenvalue weighted by Crippen LogP contribution is -2.40. The van der Waals surface area contributed by atoms with Crippen molar-refractivity contribution in [3.8, 4) is 0 Å². The van der Waals surface area contributed by atoms with Crippen LogP contribution < -0.4 is 0 Å². The van der Waals surface area contributed by atoms with Gasteiger partial charge < -0.3 is 25.0 Å². The number of nitrogens with zero attached hydrogens (tertiary/aromatic N) is 1. The van der Waals surface area contributed by atoms with Crippen molar-refractivity contribution in [3.05, 3.63) is 12.2 Å². The van der Waals surface area contributed by atoms with Gasteiger partial charge in [0.15, 0.2) is 0 Å². The van der Waals surface area contributed by atoms with E-state index in [1.54, 1.807) is 12.2 Å². The highest BCUT2D eigenvalue weighted by Crippen LogP contribution is 2.51. The maximum absolute atomic E-state index is 12.3. The molecule has 0 aromatic rings. The first-order chi connectivity index (χ1) is 8.98. The van der Waals surface area contributed by atoms with Crippen LogP contribution in [0.5, 0.6) is 0 Å². The Kier molecular flexibility index (Phi) is 2.67. The smallest absolute Gasteiger partial charge is 0.310 e. The van der Waals surface area contributed by atoms with Crippen LogP contribution in [0, 0.1) is 11.8 Å². The van der Waals surface area contributed by atoms with Gasteiger partial charge in [-0.1, -0.05) is 12.2 Å². The predicted molar refractivity (Wildman–Crippen MR) is 61.0 cm³/mol. The van der Waals surface area contributed by atoms with Gasteiger partial charge in [-0.25, -0.2) is 0 Å². The number of amides is 1. The van der Waals surface area contributed by atoms with Gasteiger partial charge >= 0.3 is 5.97 Å². The zero-order chi connectivity index (χ0) is 13.8. The highest BCUT2D eigenvalue weighted by molar-refractivity contribution is 5.90. The number of β-amino-alcohol motifs (C(OH)–C–C–N with tert-alkyl or cyclic N) is 1. The maximum Gasteiger partial charge on any atom is 0.310 e. The second kappa shape index (κ2) is 4.03. The lowest BCUT2D eigenvalue weighted by molar-refractivity contribution is -0.148. The number of hydrogen-bond donors (Lipinski definition) is 3. The van der Waals surface area contributed by atoms with Crippen molar-refractivity contribution < 1.29 is 29.6 Å². The molecule has 3 N–H and O–H groups in total. The molecular formula is C12H15NO6. The predicted octanol–water partition coefficient (Wildman–Crippen LogP) is -1.79. The Morgan fingerprint density at radius 2 is 2.37 bits per heavy atom. The molecule has 7 nitrogen and oxygen atoms in total. The number of ether oxygens (including phenoxy) is 1. The summed E-state index contributed by atoms with van der Waals surface area (Å²) in [4.78, 5) is 24.9. The minimum atomic E-state index is -1.04. The van der Waals surface area contributed by atoms with Crippen LogP contribution in [-0.4, -0.2) is 69.6 Å². The third kappa shape index (κ3) is 1.62. The zero-order valence-corrected chi connectivity index (χ0v) is 10.1. The summed E-state index contributed by atoms with van der Waals surface area (Å²) < 4.78 is 5.68. The Morgan fingerprint density at radius 3 is 3.00 bits per heavy atom. The van der Waals surface area contributed by atoms with Crippen LogP contribution in [0.1, 0.15) is 0 Å². The largest absolute Gasteiger partial charge is 0.481 e. The fourth-order valence-electron chi connectivity index (χ4n) is 3.33. The van der Waals surface area contributed by atoms with Crippen molar-refractivity contribution in [1.29, 1.82) is 0 Å². The molecule has 1 amide bonds. The van der Waals surface area contributed by atoms with E-state index in [9.17, 15) is 19.8 Å². The second-order valence-electron chi connectivity index (χ2n) is 5.29. The van der Waals surface area contributed by atoms with Gasteiger partial charge in [0.25, 0.3) is 0 Å². The third-order valence-corrected chi connectivity index (χ3v) is 4.11. The number of carbonyl (C=O) groups is 2. The average molecular weight is 269 g/mol. The molecule has 0 radical (unpaired) electrons. The van der Waals surface area contributed by atoms with Crippen LogP contribution in [0.2, 0.25) is 0 Å². The molecular weight excluding hydrogens is 254 g/mol. The molecule has 0 aromatic carbocycles. The molecule has 0 saturated carbocycles. The number of aliphatic carboxylic acids is 1. The van der Waals surface area contributed by atoms with Gasteiger partial charge in [0, 0.05) is 6.54 Å². The summed E-state index contributed by atoms with van der Waals surface area (Å²) in [5, 5.41) is 27.5. The quantitative estimate of drug-likeness (QED) is 0.520. The van der Waals surface area contributed by atoms with Crippen molar-refractivity contribution in [2.45, 2.75) is 17.8 Å². The first kappa shape index (κ1) is 12.6. The van der Waals surface area contributed by atoms with Crippen LogP contribution in [-0.2, 0) is 14.3 Å². The summed E-state index contributed by atoms with van der Waals surface area (Å²) in [6.07, 6.45) is 1.87. The van der Waals surface area contributed by atoms with Gasteiger partial charge in [0.2, 0.25) is 5.91 Å². The number of carbonyl (C=O) groups excluding carboxylic acids is 1. The summed E-state index contributed by atoms with van der Waals surface area (Å²) in [5.74, 6) is -2.97. The van der Waals surface area contributed by atoms with Gasteiger partial charge in [-0.15, -0.1) is 0 Å². The number of aliphatic hydroxyl groups excluding tert-OH is 2. The molecule has 3 aliphatic rings. The lowest BCUT2D eigenvalue weighted by atomic mass is 9.77. The molecule has 1 spiro atoms. The molecule has 0 aromatic heterocycles. The number of likely N-dealkylation sites (tertiary alicyclic amines) is 1. The van der Waals surface area contributed by atoms with E-state index in [-0.39, 0.29) is 19.0 Å². The Labute approximate surface area is 109 Å². The number of carboxylic acids is 1. The summed E-state index contributed by atoms with van der Waals surface area (Å²) in [7, 11) is 0. The van der Waals surface area contributed by atoms with Crippen LogP contribution in [0.4, 0.5) is 0 Å². The molecule has 0 unspecified atom stereocenters. The molecule has 0 aliphatic carbocycles. The van der Waals surface area contributed by atoms with E-state index in [0.29, 0.717) is 0 Å². The molecule has 3 heterocycles. The van der Waals surface area contributed by atoms with Gasteiger partial charge in [-0.05, 0) is 0 Å². The minimum absolute atomic E-state index is 0.0121. The Bertz CT molecular complexity index is 463. The molecule has 104 valence electrons. The van der Waals surface area contributed by atoms with Crippen molar-refractivity contribution in [1.82, 2.24) is 4.90 Å². The standard InChI is InChI=1S/C12H15NO6/c14-4-6(15)3-13-5-12-2-1-7(19-12)8(11(17)18)9(12)10(13)16/h1-2,6-9,14-15H,3-5H2,(H,17,18)/t6-,7+,8+,9+,12-/m0/s1. The molecule has 2 saturated heterocycles. The first-order valence-corrected chi connectivity index (χ1v) is 6.16. The maximum atomic E-state index is 12.3. The summed E-state index contributed by atoms with van der Waals surface area (Å²) in [6.45, 7) is -0.227. The van der Waals surface area contributed by atoms with Crippen LogP contribution in [0.15, 0.2) is 12.2 Å². The number of fused-ring (bicyclic) bond motifs is 1. The van der Waals surface area contributed by atoms with Crippen LogP contribution in [0.25, 0.3) is 0 Å². The number of hydrogen-bond acceptors (Lipinski definition) is 5. The molecule has 7 heteroatoms. The van der Waals surface area contributed by atoms with E-state index < -0.39 is 42.2 Å². The number of aliphatic hydroxyl groups is 2. The lowest BCUT2D eigenvalue weighted by Gasteiger charge is -2.22. The Balaban J connectivity index is 1.86. The fraction of sp³-hybridized carbons (Fsp3) is 0.667. The normalized spacial score (nSPS) is 40.8. The highest BCUT2D eigenvalue weighted by atomic mass is 16.5. The van der Waals surface area contributed by atoms with E-state index in [2.05, 4.69) is 0 Å². The fourth-order valence-corrected chi connectivity index (χ4v) is 3.33. The molecule has 2 bridgehead atoms. The van der Waals surface area contributed by atoms with Crippen molar-refractivity contribution in [2.24, 2.45) is 11.8 Å². The summed E-state index contributed by atoms with van der Waals surface area (Å²) in [6, 6.07) is 0. The molecule has 5 atom stereocenters. The summed E-state index contributed by atoms with van der Waals surface area (Å²) >= 11 is 0. The highest BCUT2D eigenvalue weighted by Gasteiger charge is 2.67. The van der Waals surface area contributed by atoms with E-state index in [0.717, 1.165) is 0 Å². The van der Waals surface area contributed by atoms with Crippen molar-refractivity contribution in [3.63, 3.8) is 0 Å². The Morgan fingerprint density at radius 1 is 1.63 bits per heavy atom. The van der Waals surface area contributed by atoms with E-state index in [1.807, 2.05) is 0 Å². The average Bonchev–Trinajstić information content (AvgIpc) is 2.98. The van der Waals surface area contributed by atoms with E-state index in [1.165, 1.54) is 4.90 Å². The van der Waals surface area contributed by atoms with Crippen LogP contribution in [0.3, 0.4) is 0 Å². The molecule has 2 fully saturated rings. The topological polar surface area (TPSA) is 107 Å². The van der Waals surface area contributed by atoms with Gasteiger partial charge in [-0.2, -0.15) is 0 Å². The SMILES string of the molecule is O=C(O)[C@@H]1[C@H]2C=C[C@@]3(CN(C[C@H](O)CO)C(=O)[C@@H]13)O2. The monoisotopic (exact) mass is 269 g/mol. The molecule has 3 rings (SSSR count). The van der Waals surface area contributed by atoms with Gasteiger partial charge in [0.05, 0.1) is 31.3 Å². The van der Waals surface area contributed by atoms with E-state index >= 15 is 0 Å². The minimum Gasteiger partial charge on any atom is -0.481 e. The Hall–Kier alpha value is -1.44. The van der Waals surface area contributed by atoms with Gasteiger partial charge in [0.1, 0.15) is 11.5 Å². The molecule has 3 aliphatic heterocycles. The van der Waals surface area contributed by atoms with Crippen molar-refractivity contribution in [2.75, 3.05) is 19.7 Å². The first-order valence-electron chi connectivity index (χ1n) is 6.16. The van der Waals surface area contributed by atoms with Crippen LogP contribution >= 0.6 is 0 Å². The number of rotatable bonds is 4. The zero-order valence-electron chi connectivity index (χ0n) is 10.1. The van der Waals surface area contributed by atoms with Crippen molar-refractivity contribution >= 4 is 11.9 Å². The third-order valence-electron chi connectivity index (χ3n) is 4.11. The number of carboxylic acid groups (broad SMARTS) is 1.